The number of amides is 2. The van der Waals surface area contributed by atoms with Gasteiger partial charge in [0, 0.05) is 33.9 Å². The molecule has 174 valence electrons. The number of ether oxygens (including phenoxy) is 1. The number of nitrogens with one attached hydrogen (secondary N) is 2. The van der Waals surface area contributed by atoms with Crippen LogP contribution in [0.3, 0.4) is 0 Å². The summed E-state index contributed by atoms with van der Waals surface area (Å²) in [6.45, 7) is 5.45. The summed E-state index contributed by atoms with van der Waals surface area (Å²) in [6, 6.07) is 18.7. The molecule has 1 unspecified atom stereocenters. The maximum absolute atomic E-state index is 12.2. The number of nitrogens with zero attached hydrogens (tertiary/aromatic N) is 1. The Hall–Kier alpha value is -3.78. The highest BCUT2D eigenvalue weighted by Gasteiger charge is 2.23. The van der Waals surface area contributed by atoms with Gasteiger partial charge in [-0.15, -0.1) is 11.8 Å². The lowest BCUT2D eigenvalue weighted by atomic mass is 10.1. The highest BCUT2D eigenvalue weighted by atomic mass is 32.2. The molecule has 0 aliphatic carbocycles. The zero-order chi connectivity index (χ0) is 24.3. The van der Waals surface area contributed by atoms with Gasteiger partial charge in [-0.2, -0.15) is 0 Å². The average molecular weight is 475 g/mol. The van der Waals surface area contributed by atoms with Gasteiger partial charge in [0.2, 0.25) is 5.91 Å². The predicted molar refractivity (Wildman–Crippen MR) is 135 cm³/mol. The first-order valence-electron chi connectivity index (χ1n) is 10.8. The Bertz CT molecular complexity index is 1330. The number of H-pyrrole nitrogens is 1. The van der Waals surface area contributed by atoms with Crippen molar-refractivity contribution in [3.63, 3.8) is 0 Å². The van der Waals surface area contributed by atoms with Crippen molar-refractivity contribution in [2.24, 2.45) is 5.73 Å². The molecule has 7 nitrogen and oxygen atoms in total. The number of nitrogens with two attached hydrogens (primary N) is 1. The molecular formula is C26H26N4O3S. The van der Waals surface area contributed by atoms with Gasteiger partial charge in [-0.05, 0) is 62.7 Å². The van der Waals surface area contributed by atoms with Crippen molar-refractivity contribution in [2.45, 2.75) is 36.5 Å². The smallest absolute Gasteiger partial charge is 0.412 e. The van der Waals surface area contributed by atoms with Crippen LogP contribution in [0, 0.1) is 0 Å². The Balaban J connectivity index is 1.70. The summed E-state index contributed by atoms with van der Waals surface area (Å²) in [6.07, 6.45) is 3.17. The number of carbonyl (C=O) groups excluding carboxylic acids is 2. The zero-order valence-corrected chi connectivity index (χ0v) is 20.0. The summed E-state index contributed by atoms with van der Waals surface area (Å²) in [5.41, 5.74) is 8.83. The van der Waals surface area contributed by atoms with Gasteiger partial charge in [-0.1, -0.05) is 24.3 Å². The van der Waals surface area contributed by atoms with E-state index in [2.05, 4.69) is 15.3 Å². The molecule has 2 aromatic heterocycles. The van der Waals surface area contributed by atoms with Crippen LogP contribution in [0.15, 0.2) is 78.0 Å². The van der Waals surface area contributed by atoms with E-state index in [4.69, 9.17) is 10.5 Å². The average Bonchev–Trinajstić information content (AvgIpc) is 3.20. The van der Waals surface area contributed by atoms with Crippen LogP contribution in [0.1, 0.15) is 47.6 Å². The standard InChI is InChI=1S/C26H26N4O3S/c1-26(2,3)33-25(32)30-16-11-12-17-19(15-29-21(17)14-16)23(20-9-6-7-13-28-20)34-22-10-5-4-8-18(22)24(27)31/h4-15,23,29H,1-3H3,(H2,27,31)(H,30,32). The second kappa shape index (κ2) is 9.61. The van der Waals surface area contributed by atoms with Crippen molar-refractivity contribution in [3.05, 3.63) is 89.9 Å². The summed E-state index contributed by atoms with van der Waals surface area (Å²) in [7, 11) is 0. The van der Waals surface area contributed by atoms with Gasteiger partial charge in [0.15, 0.2) is 0 Å². The number of fused-ring (bicyclic) bond motifs is 1. The normalized spacial score (nSPS) is 12.3. The fourth-order valence-electron chi connectivity index (χ4n) is 3.58. The molecule has 0 spiro atoms. The lowest BCUT2D eigenvalue weighted by Gasteiger charge is -2.19. The minimum absolute atomic E-state index is 0.194. The second-order valence-electron chi connectivity index (χ2n) is 8.74. The van der Waals surface area contributed by atoms with Gasteiger partial charge in [0.1, 0.15) is 5.60 Å². The summed E-state index contributed by atoms with van der Waals surface area (Å²) in [5, 5.41) is 3.56. The number of primary amides is 1. The number of aromatic amines is 1. The van der Waals surface area contributed by atoms with Crippen LogP contribution in [0.2, 0.25) is 0 Å². The van der Waals surface area contributed by atoms with Crippen LogP contribution < -0.4 is 11.1 Å². The molecule has 2 aromatic carbocycles. The van der Waals surface area contributed by atoms with Crippen LogP contribution >= 0.6 is 11.8 Å². The zero-order valence-electron chi connectivity index (χ0n) is 19.2. The third-order valence-corrected chi connectivity index (χ3v) is 6.34. The minimum atomic E-state index is -0.581. The molecular weight excluding hydrogens is 448 g/mol. The molecule has 0 fully saturated rings. The first-order valence-corrected chi connectivity index (χ1v) is 11.7. The number of hydrogen-bond acceptors (Lipinski definition) is 5. The SMILES string of the molecule is CC(C)(C)OC(=O)Nc1ccc2c(C(Sc3ccccc3C(N)=O)c3ccccn3)c[nH]c2c1. The van der Waals surface area contributed by atoms with Crippen molar-refractivity contribution < 1.29 is 14.3 Å². The monoisotopic (exact) mass is 474 g/mol. The summed E-state index contributed by atoms with van der Waals surface area (Å²) < 4.78 is 5.34. The van der Waals surface area contributed by atoms with E-state index in [1.807, 2.05) is 75.5 Å². The molecule has 4 rings (SSSR count). The Morgan fingerprint density at radius 1 is 1.09 bits per heavy atom. The van der Waals surface area contributed by atoms with E-state index in [1.54, 1.807) is 18.3 Å². The van der Waals surface area contributed by atoms with E-state index < -0.39 is 17.6 Å². The molecule has 0 aliphatic heterocycles. The number of hydrogen-bond donors (Lipinski definition) is 3. The summed E-state index contributed by atoms with van der Waals surface area (Å²) in [4.78, 5) is 32.8. The number of benzene rings is 2. The Morgan fingerprint density at radius 3 is 2.56 bits per heavy atom. The van der Waals surface area contributed by atoms with Crippen molar-refractivity contribution in [1.82, 2.24) is 9.97 Å². The molecule has 4 aromatic rings. The fourth-order valence-corrected chi connectivity index (χ4v) is 4.87. The first kappa shape index (κ1) is 23.4. The Kier molecular flexibility index (Phi) is 6.61. The number of anilines is 1. The molecule has 34 heavy (non-hydrogen) atoms. The minimum Gasteiger partial charge on any atom is -0.444 e. The third-order valence-electron chi connectivity index (χ3n) is 5.00. The molecule has 2 heterocycles. The van der Waals surface area contributed by atoms with E-state index in [1.165, 1.54) is 11.8 Å². The van der Waals surface area contributed by atoms with E-state index in [-0.39, 0.29) is 5.25 Å². The maximum atomic E-state index is 12.2. The second-order valence-corrected chi connectivity index (χ2v) is 9.89. The quantitative estimate of drug-likeness (QED) is 0.302. The van der Waals surface area contributed by atoms with Gasteiger partial charge in [-0.3, -0.25) is 15.1 Å². The fraction of sp³-hybridized carbons (Fsp3) is 0.192. The molecule has 0 radical (unpaired) electrons. The highest BCUT2D eigenvalue weighted by Crippen LogP contribution is 2.43. The molecule has 0 aliphatic rings. The van der Waals surface area contributed by atoms with Crippen LogP contribution in [-0.4, -0.2) is 27.6 Å². The maximum Gasteiger partial charge on any atom is 0.412 e. The Morgan fingerprint density at radius 2 is 1.85 bits per heavy atom. The van der Waals surface area contributed by atoms with Gasteiger partial charge < -0.3 is 15.5 Å². The molecule has 2 amide bonds. The molecule has 0 saturated heterocycles. The van der Waals surface area contributed by atoms with Gasteiger partial charge in [-0.25, -0.2) is 4.79 Å². The number of rotatable bonds is 6. The predicted octanol–water partition coefficient (Wildman–Crippen LogP) is 5.89. The van der Waals surface area contributed by atoms with Crippen LogP contribution in [-0.2, 0) is 4.74 Å². The van der Waals surface area contributed by atoms with Crippen molar-refractivity contribution in [2.75, 3.05) is 5.32 Å². The lowest BCUT2D eigenvalue weighted by Crippen LogP contribution is -2.27. The van der Waals surface area contributed by atoms with E-state index in [9.17, 15) is 9.59 Å². The Labute approximate surface area is 202 Å². The molecule has 4 N–H and O–H groups in total. The third kappa shape index (κ3) is 5.40. The van der Waals surface area contributed by atoms with E-state index in [0.717, 1.165) is 27.1 Å². The van der Waals surface area contributed by atoms with Crippen molar-refractivity contribution in [3.8, 4) is 0 Å². The molecule has 8 heteroatoms. The van der Waals surface area contributed by atoms with E-state index >= 15 is 0 Å². The summed E-state index contributed by atoms with van der Waals surface area (Å²) >= 11 is 1.52. The van der Waals surface area contributed by atoms with Crippen molar-refractivity contribution in [1.29, 1.82) is 0 Å². The van der Waals surface area contributed by atoms with E-state index in [0.29, 0.717) is 11.3 Å². The number of aromatic nitrogens is 2. The topological polar surface area (TPSA) is 110 Å². The van der Waals surface area contributed by atoms with Gasteiger partial charge in [0.25, 0.3) is 0 Å². The largest absolute Gasteiger partial charge is 0.444 e. The molecule has 1 atom stereocenters. The summed E-state index contributed by atoms with van der Waals surface area (Å²) in [5.74, 6) is -0.473. The number of thioether (sulfide) groups is 1. The highest BCUT2D eigenvalue weighted by molar-refractivity contribution is 7.99. The number of carbonyl (C=O) groups is 2. The number of pyridine rings is 1. The van der Waals surface area contributed by atoms with Crippen LogP contribution in [0.5, 0.6) is 0 Å². The van der Waals surface area contributed by atoms with Gasteiger partial charge >= 0.3 is 6.09 Å². The van der Waals surface area contributed by atoms with Crippen molar-refractivity contribution >= 4 is 40.4 Å². The lowest BCUT2D eigenvalue weighted by molar-refractivity contribution is 0.0635. The first-order chi connectivity index (χ1) is 16.2. The van der Waals surface area contributed by atoms with Crippen LogP contribution in [0.25, 0.3) is 10.9 Å². The molecule has 0 bridgehead atoms. The van der Waals surface area contributed by atoms with Crippen LogP contribution in [0.4, 0.5) is 10.5 Å². The van der Waals surface area contributed by atoms with Gasteiger partial charge in [0.05, 0.1) is 16.5 Å². The molecule has 0 saturated carbocycles.